The largest absolute Gasteiger partial charge is 0.390 e. The van der Waals surface area contributed by atoms with Crippen LogP contribution in [0.2, 0.25) is 10.0 Å². The van der Waals surface area contributed by atoms with E-state index >= 15 is 0 Å². The smallest absolute Gasteiger partial charge is 0.105 e. The Kier molecular flexibility index (Phi) is 4.87. The Bertz CT molecular complexity index is 328. The summed E-state index contributed by atoms with van der Waals surface area (Å²) in [5, 5.41) is 20.2. The molecule has 0 saturated carbocycles. The molecule has 0 spiro atoms. The fourth-order valence-corrected chi connectivity index (χ4v) is 1.68. The number of benzene rings is 1. The molecule has 0 heterocycles. The minimum atomic E-state index is -0.903. The minimum Gasteiger partial charge on any atom is -0.390 e. The van der Waals surface area contributed by atoms with E-state index in [9.17, 15) is 10.2 Å². The van der Waals surface area contributed by atoms with Gasteiger partial charge in [-0.3, -0.25) is 0 Å². The average molecular weight is 249 g/mol. The van der Waals surface area contributed by atoms with E-state index in [0.717, 1.165) is 6.42 Å². The molecule has 1 rings (SSSR count). The van der Waals surface area contributed by atoms with Gasteiger partial charge >= 0.3 is 0 Å². The Hall–Kier alpha value is -0.280. The maximum Gasteiger partial charge on any atom is 0.105 e. The number of aliphatic hydroxyl groups excluding tert-OH is 2. The maximum absolute atomic E-state index is 9.78. The van der Waals surface area contributed by atoms with Crippen LogP contribution in [-0.2, 0) is 0 Å². The second kappa shape index (κ2) is 5.71. The number of rotatable bonds is 4. The summed E-state index contributed by atoms with van der Waals surface area (Å²) >= 11 is 11.6. The van der Waals surface area contributed by atoms with E-state index in [-0.39, 0.29) is 0 Å². The second-order valence-electron chi connectivity index (χ2n) is 3.47. The second-order valence-corrected chi connectivity index (χ2v) is 4.29. The van der Waals surface area contributed by atoms with Crippen molar-refractivity contribution in [1.29, 1.82) is 0 Å². The summed E-state index contributed by atoms with van der Waals surface area (Å²) in [5.41, 5.74) is 0.588. The molecule has 2 N–H and O–H groups in total. The van der Waals surface area contributed by atoms with Gasteiger partial charge < -0.3 is 10.2 Å². The van der Waals surface area contributed by atoms with Gasteiger partial charge in [0.05, 0.1) is 16.1 Å². The van der Waals surface area contributed by atoms with Gasteiger partial charge in [-0.1, -0.05) is 42.6 Å². The first kappa shape index (κ1) is 12.8. The van der Waals surface area contributed by atoms with Crippen molar-refractivity contribution in [2.45, 2.75) is 32.0 Å². The highest BCUT2D eigenvalue weighted by molar-refractivity contribution is 6.42. The molecule has 84 valence electrons. The zero-order chi connectivity index (χ0) is 11.4. The molecule has 0 radical (unpaired) electrons. The molecule has 15 heavy (non-hydrogen) atoms. The molecule has 0 saturated heterocycles. The Balaban J connectivity index is 2.81. The first-order valence-electron chi connectivity index (χ1n) is 4.87. The van der Waals surface area contributed by atoms with Gasteiger partial charge in [0.1, 0.15) is 6.10 Å². The lowest BCUT2D eigenvalue weighted by Gasteiger charge is -2.17. The lowest BCUT2D eigenvalue weighted by atomic mass is 10.0. The molecule has 0 aliphatic carbocycles. The van der Waals surface area contributed by atoms with E-state index in [1.54, 1.807) is 18.2 Å². The monoisotopic (exact) mass is 248 g/mol. The van der Waals surface area contributed by atoms with Crippen molar-refractivity contribution < 1.29 is 10.2 Å². The predicted octanol–water partition coefficient (Wildman–Crippen LogP) is 3.19. The van der Waals surface area contributed by atoms with Crippen LogP contribution in [0.15, 0.2) is 18.2 Å². The van der Waals surface area contributed by atoms with Crippen molar-refractivity contribution in [3.8, 4) is 0 Å². The van der Waals surface area contributed by atoms with Gasteiger partial charge in [0.25, 0.3) is 0 Å². The number of aliphatic hydroxyl groups is 2. The van der Waals surface area contributed by atoms with E-state index in [0.29, 0.717) is 22.0 Å². The summed E-state index contributed by atoms with van der Waals surface area (Å²) in [6.45, 7) is 1.95. The Morgan fingerprint density at radius 1 is 1.20 bits per heavy atom. The molecule has 4 heteroatoms. The van der Waals surface area contributed by atoms with Crippen LogP contribution in [0.3, 0.4) is 0 Å². The molecule has 2 unspecified atom stereocenters. The quantitative estimate of drug-likeness (QED) is 0.860. The van der Waals surface area contributed by atoms with Crippen molar-refractivity contribution in [3.63, 3.8) is 0 Å². The van der Waals surface area contributed by atoms with Crippen LogP contribution >= 0.6 is 23.2 Å². The Labute approximate surface area is 99.5 Å². The predicted molar refractivity (Wildman–Crippen MR) is 62.3 cm³/mol. The fourth-order valence-electron chi connectivity index (χ4n) is 1.37. The van der Waals surface area contributed by atoms with Gasteiger partial charge in [-0.25, -0.2) is 0 Å². The molecule has 0 bridgehead atoms. The molecular weight excluding hydrogens is 235 g/mol. The summed E-state index contributed by atoms with van der Waals surface area (Å²) in [5.74, 6) is 0. The van der Waals surface area contributed by atoms with Gasteiger partial charge in [0.15, 0.2) is 0 Å². The normalized spacial score (nSPS) is 15.0. The average Bonchev–Trinajstić information content (AvgIpc) is 2.21. The van der Waals surface area contributed by atoms with Gasteiger partial charge in [-0.2, -0.15) is 0 Å². The van der Waals surface area contributed by atoms with Crippen LogP contribution in [0.5, 0.6) is 0 Å². The van der Waals surface area contributed by atoms with Crippen molar-refractivity contribution in [3.05, 3.63) is 33.8 Å². The van der Waals surface area contributed by atoms with E-state index in [1.165, 1.54) is 0 Å². The maximum atomic E-state index is 9.78. The first-order valence-corrected chi connectivity index (χ1v) is 5.63. The van der Waals surface area contributed by atoms with Gasteiger partial charge in [0, 0.05) is 0 Å². The molecule has 2 atom stereocenters. The summed E-state index contributed by atoms with van der Waals surface area (Å²) < 4.78 is 0. The highest BCUT2D eigenvalue weighted by Gasteiger charge is 2.17. The Morgan fingerprint density at radius 3 is 2.40 bits per heavy atom. The molecule has 0 aromatic heterocycles. The summed E-state index contributed by atoms with van der Waals surface area (Å²) in [6, 6.07) is 4.85. The van der Waals surface area contributed by atoms with E-state index in [1.807, 2.05) is 6.92 Å². The lowest BCUT2D eigenvalue weighted by Crippen LogP contribution is -2.17. The van der Waals surface area contributed by atoms with Crippen molar-refractivity contribution in [2.24, 2.45) is 0 Å². The molecule has 0 fully saturated rings. The molecular formula is C11H14Cl2O2. The Morgan fingerprint density at radius 2 is 1.87 bits per heavy atom. The van der Waals surface area contributed by atoms with Crippen molar-refractivity contribution >= 4 is 23.2 Å². The number of hydrogen-bond donors (Lipinski definition) is 2. The van der Waals surface area contributed by atoms with Crippen LogP contribution in [0, 0.1) is 0 Å². The van der Waals surface area contributed by atoms with E-state index in [2.05, 4.69) is 0 Å². The third-order valence-corrected chi connectivity index (χ3v) is 2.97. The lowest BCUT2D eigenvalue weighted by molar-refractivity contribution is 0.0131. The van der Waals surface area contributed by atoms with Crippen molar-refractivity contribution in [1.82, 2.24) is 0 Å². The molecule has 0 amide bonds. The standard InChI is InChI=1S/C11H14Cl2O2/c1-2-3-10(14)11(15)7-4-5-8(12)9(13)6-7/h4-6,10-11,14-15H,2-3H2,1H3. The number of halogens is 2. The van der Waals surface area contributed by atoms with E-state index < -0.39 is 12.2 Å². The van der Waals surface area contributed by atoms with Crippen LogP contribution in [0.4, 0.5) is 0 Å². The third kappa shape index (κ3) is 3.35. The fraction of sp³-hybridized carbons (Fsp3) is 0.455. The van der Waals surface area contributed by atoms with Gasteiger partial charge in [0.2, 0.25) is 0 Å². The zero-order valence-electron chi connectivity index (χ0n) is 8.45. The zero-order valence-corrected chi connectivity index (χ0v) is 9.96. The van der Waals surface area contributed by atoms with Crippen molar-refractivity contribution in [2.75, 3.05) is 0 Å². The van der Waals surface area contributed by atoms with Crippen LogP contribution < -0.4 is 0 Å². The van der Waals surface area contributed by atoms with Crippen LogP contribution in [-0.4, -0.2) is 16.3 Å². The van der Waals surface area contributed by atoms with Gasteiger partial charge in [-0.15, -0.1) is 0 Å². The molecule has 0 aliphatic heterocycles. The third-order valence-electron chi connectivity index (χ3n) is 2.23. The highest BCUT2D eigenvalue weighted by atomic mass is 35.5. The SMILES string of the molecule is CCCC(O)C(O)c1ccc(Cl)c(Cl)c1. The summed E-state index contributed by atoms with van der Waals surface area (Å²) in [7, 11) is 0. The molecule has 0 aliphatic rings. The van der Waals surface area contributed by atoms with Crippen LogP contribution in [0.25, 0.3) is 0 Å². The molecule has 2 nitrogen and oxygen atoms in total. The summed E-state index contributed by atoms with van der Waals surface area (Å²) in [4.78, 5) is 0. The minimum absolute atomic E-state index is 0.386. The number of hydrogen-bond acceptors (Lipinski definition) is 2. The molecule has 1 aromatic carbocycles. The van der Waals surface area contributed by atoms with E-state index in [4.69, 9.17) is 23.2 Å². The highest BCUT2D eigenvalue weighted by Crippen LogP contribution is 2.27. The van der Waals surface area contributed by atoms with Crippen LogP contribution in [0.1, 0.15) is 31.4 Å². The molecule has 1 aromatic rings. The summed E-state index contributed by atoms with van der Waals surface area (Å²) in [6.07, 6.45) is -0.284. The van der Waals surface area contributed by atoms with Gasteiger partial charge in [-0.05, 0) is 24.1 Å². The topological polar surface area (TPSA) is 40.5 Å². The first-order chi connectivity index (χ1) is 7.06.